The first kappa shape index (κ1) is 13.5. The van der Waals surface area contributed by atoms with E-state index in [0.717, 1.165) is 37.9 Å². The summed E-state index contributed by atoms with van der Waals surface area (Å²) in [5.74, 6) is -0.539. The summed E-state index contributed by atoms with van der Waals surface area (Å²) in [4.78, 5) is 26.8. The number of hydrogen-bond donors (Lipinski definition) is 1. The van der Waals surface area contributed by atoms with E-state index in [4.69, 9.17) is 4.42 Å². The second kappa shape index (κ2) is 5.25. The van der Waals surface area contributed by atoms with Gasteiger partial charge in [-0.3, -0.25) is 9.59 Å². The molecule has 0 saturated carbocycles. The number of para-hydroxylation sites is 1. The van der Waals surface area contributed by atoms with Gasteiger partial charge in [-0.15, -0.1) is 0 Å². The maximum atomic E-state index is 12.3. The SMILES string of the molecule is O=C(NC1CN2CCC1CC2)C(=O)c1cc2ccccc2o1. The van der Waals surface area contributed by atoms with Crippen molar-refractivity contribution in [2.75, 3.05) is 19.6 Å². The number of carbonyl (C=O) groups is 2. The highest BCUT2D eigenvalue weighted by Crippen LogP contribution is 2.27. The van der Waals surface area contributed by atoms with Gasteiger partial charge in [-0.2, -0.15) is 0 Å². The van der Waals surface area contributed by atoms with Crippen LogP contribution in [0.2, 0.25) is 0 Å². The van der Waals surface area contributed by atoms with E-state index in [9.17, 15) is 9.59 Å². The highest BCUT2D eigenvalue weighted by atomic mass is 16.3. The quantitative estimate of drug-likeness (QED) is 0.693. The summed E-state index contributed by atoms with van der Waals surface area (Å²) in [5, 5.41) is 3.74. The number of ketones is 1. The second-order valence-electron chi connectivity index (χ2n) is 6.20. The number of Topliss-reactive ketones (excluding diaryl/α,β-unsaturated/α-hetero) is 1. The third-order valence-corrected chi connectivity index (χ3v) is 4.83. The minimum atomic E-state index is -0.590. The number of furan rings is 1. The Morgan fingerprint density at radius 3 is 2.64 bits per heavy atom. The number of nitrogens with zero attached hydrogens (tertiary/aromatic N) is 1. The van der Waals surface area contributed by atoms with Gasteiger partial charge in [0, 0.05) is 18.0 Å². The Bertz CT molecular complexity index is 695. The summed E-state index contributed by atoms with van der Waals surface area (Å²) in [6.07, 6.45) is 2.20. The third-order valence-electron chi connectivity index (χ3n) is 4.83. The Morgan fingerprint density at radius 1 is 1.18 bits per heavy atom. The average Bonchev–Trinajstić information content (AvgIpc) is 2.99. The highest BCUT2D eigenvalue weighted by Gasteiger charge is 2.36. The molecular weight excluding hydrogens is 280 g/mol. The number of benzene rings is 1. The minimum Gasteiger partial charge on any atom is -0.452 e. The van der Waals surface area contributed by atoms with E-state index >= 15 is 0 Å². The van der Waals surface area contributed by atoms with Crippen molar-refractivity contribution >= 4 is 22.7 Å². The number of hydrogen-bond acceptors (Lipinski definition) is 4. The maximum Gasteiger partial charge on any atom is 0.296 e. The zero-order chi connectivity index (χ0) is 15.1. The molecular formula is C17H18N2O3. The van der Waals surface area contributed by atoms with Crippen molar-refractivity contribution in [2.24, 2.45) is 5.92 Å². The van der Waals surface area contributed by atoms with Crippen molar-refractivity contribution in [3.63, 3.8) is 0 Å². The first-order chi connectivity index (χ1) is 10.7. The van der Waals surface area contributed by atoms with Crippen LogP contribution in [0.15, 0.2) is 34.7 Å². The molecule has 0 spiro atoms. The normalized spacial score (nSPS) is 27.0. The van der Waals surface area contributed by atoms with Gasteiger partial charge in [-0.05, 0) is 44.0 Å². The van der Waals surface area contributed by atoms with Gasteiger partial charge in [0.25, 0.3) is 11.7 Å². The fourth-order valence-electron chi connectivity index (χ4n) is 3.57. The van der Waals surface area contributed by atoms with Gasteiger partial charge in [-0.25, -0.2) is 0 Å². The summed E-state index contributed by atoms with van der Waals surface area (Å²) in [5.41, 5.74) is 0.626. The van der Waals surface area contributed by atoms with Gasteiger partial charge in [0.15, 0.2) is 5.76 Å². The van der Waals surface area contributed by atoms with Crippen molar-refractivity contribution in [1.82, 2.24) is 10.2 Å². The molecule has 1 amide bonds. The summed E-state index contributed by atoms with van der Waals surface area (Å²) in [7, 11) is 0. The lowest BCUT2D eigenvalue weighted by atomic mass is 9.84. The first-order valence-corrected chi connectivity index (χ1v) is 7.77. The molecule has 2 aromatic rings. The number of rotatable bonds is 3. The van der Waals surface area contributed by atoms with Crippen molar-refractivity contribution in [2.45, 2.75) is 18.9 Å². The molecule has 5 heteroatoms. The van der Waals surface area contributed by atoms with E-state index < -0.39 is 11.7 Å². The third kappa shape index (κ3) is 2.31. The molecule has 3 aliphatic rings. The Labute approximate surface area is 128 Å². The van der Waals surface area contributed by atoms with Crippen LogP contribution in [0.25, 0.3) is 11.0 Å². The van der Waals surface area contributed by atoms with Gasteiger partial charge < -0.3 is 14.6 Å². The number of carbonyl (C=O) groups excluding carboxylic acids is 2. The van der Waals surface area contributed by atoms with Gasteiger partial charge in [0.05, 0.1) is 0 Å². The van der Waals surface area contributed by atoms with Gasteiger partial charge in [0.1, 0.15) is 5.58 Å². The molecule has 114 valence electrons. The van der Waals surface area contributed by atoms with Crippen LogP contribution < -0.4 is 5.32 Å². The smallest absolute Gasteiger partial charge is 0.296 e. The van der Waals surface area contributed by atoms with Gasteiger partial charge >= 0.3 is 0 Å². The number of amides is 1. The molecule has 22 heavy (non-hydrogen) atoms. The lowest BCUT2D eigenvalue weighted by Gasteiger charge is -2.44. The van der Waals surface area contributed by atoms with Crippen LogP contribution >= 0.6 is 0 Å². The van der Waals surface area contributed by atoms with Crippen molar-refractivity contribution < 1.29 is 14.0 Å². The summed E-state index contributed by atoms with van der Waals surface area (Å²) in [6, 6.07) is 9.09. The standard InChI is InChI=1S/C17H18N2O3/c20-16(15-9-12-3-1-2-4-14(12)22-15)17(21)18-13-10-19-7-5-11(13)6-8-19/h1-4,9,11,13H,5-8,10H2,(H,18,21). The molecule has 1 N–H and O–H groups in total. The molecule has 5 rings (SSSR count). The monoisotopic (exact) mass is 298 g/mol. The summed E-state index contributed by atoms with van der Waals surface area (Å²) in [6.45, 7) is 3.06. The lowest BCUT2D eigenvalue weighted by Crippen LogP contribution is -2.58. The second-order valence-corrected chi connectivity index (χ2v) is 6.20. The van der Waals surface area contributed by atoms with Crippen LogP contribution in [0, 0.1) is 5.92 Å². The molecule has 3 saturated heterocycles. The minimum absolute atomic E-state index is 0.0864. The van der Waals surface area contributed by atoms with Crippen LogP contribution in [0.1, 0.15) is 23.4 Å². The lowest BCUT2D eigenvalue weighted by molar-refractivity contribution is -0.119. The topological polar surface area (TPSA) is 62.6 Å². The molecule has 2 bridgehead atoms. The molecule has 1 atom stereocenters. The molecule has 3 aliphatic heterocycles. The zero-order valence-electron chi connectivity index (χ0n) is 12.2. The van der Waals surface area contributed by atoms with Crippen LogP contribution in [0.4, 0.5) is 0 Å². The Morgan fingerprint density at radius 2 is 1.95 bits per heavy atom. The van der Waals surface area contributed by atoms with E-state index in [0.29, 0.717) is 11.5 Å². The van der Waals surface area contributed by atoms with Crippen LogP contribution in [0.5, 0.6) is 0 Å². The van der Waals surface area contributed by atoms with Crippen molar-refractivity contribution in [1.29, 1.82) is 0 Å². The van der Waals surface area contributed by atoms with Crippen LogP contribution in [-0.4, -0.2) is 42.3 Å². The van der Waals surface area contributed by atoms with E-state index in [1.54, 1.807) is 12.1 Å². The molecule has 1 aromatic carbocycles. The molecule has 5 nitrogen and oxygen atoms in total. The number of fused-ring (bicyclic) bond motifs is 4. The molecule has 0 radical (unpaired) electrons. The van der Waals surface area contributed by atoms with E-state index in [2.05, 4.69) is 10.2 Å². The fraction of sp³-hybridized carbons (Fsp3) is 0.412. The molecule has 1 unspecified atom stereocenters. The molecule has 1 aromatic heterocycles. The number of piperidine rings is 3. The molecule has 4 heterocycles. The predicted octanol–water partition coefficient (Wildman–Crippen LogP) is 1.83. The fourth-order valence-corrected chi connectivity index (χ4v) is 3.57. The molecule has 3 fully saturated rings. The van der Waals surface area contributed by atoms with E-state index in [1.807, 2.05) is 18.2 Å². The predicted molar refractivity (Wildman–Crippen MR) is 81.6 cm³/mol. The van der Waals surface area contributed by atoms with Crippen molar-refractivity contribution in [3.05, 3.63) is 36.1 Å². The average molecular weight is 298 g/mol. The summed E-state index contributed by atoms with van der Waals surface area (Å²) < 4.78 is 5.48. The summed E-state index contributed by atoms with van der Waals surface area (Å²) >= 11 is 0. The Balaban J connectivity index is 1.49. The van der Waals surface area contributed by atoms with Gasteiger partial charge in [-0.1, -0.05) is 18.2 Å². The zero-order valence-corrected chi connectivity index (χ0v) is 12.2. The van der Waals surface area contributed by atoms with E-state index in [1.165, 1.54) is 0 Å². The van der Waals surface area contributed by atoms with Crippen LogP contribution in [-0.2, 0) is 4.79 Å². The Kier molecular flexibility index (Phi) is 3.22. The van der Waals surface area contributed by atoms with Crippen LogP contribution in [0.3, 0.4) is 0 Å². The van der Waals surface area contributed by atoms with Gasteiger partial charge in [0.2, 0.25) is 0 Å². The van der Waals surface area contributed by atoms with E-state index in [-0.39, 0.29) is 11.8 Å². The highest BCUT2D eigenvalue weighted by molar-refractivity contribution is 6.42. The number of nitrogens with one attached hydrogen (secondary N) is 1. The first-order valence-electron chi connectivity index (χ1n) is 7.77. The largest absolute Gasteiger partial charge is 0.452 e. The maximum absolute atomic E-state index is 12.3. The Hall–Kier alpha value is -2.14. The van der Waals surface area contributed by atoms with Crippen molar-refractivity contribution in [3.8, 4) is 0 Å². The molecule has 0 aliphatic carbocycles.